The summed E-state index contributed by atoms with van der Waals surface area (Å²) in [4.78, 5) is 11.5. The van der Waals surface area contributed by atoms with Gasteiger partial charge in [0.05, 0.1) is 5.69 Å². The highest BCUT2D eigenvalue weighted by Gasteiger charge is 2.08. The molecule has 0 atom stereocenters. The lowest BCUT2D eigenvalue weighted by Gasteiger charge is -2.07. The molecule has 92 valence electrons. The average Bonchev–Trinajstić information content (AvgIpc) is 2.34. The Labute approximate surface area is 112 Å². The highest BCUT2D eigenvalue weighted by atomic mass is 79.9. The second kappa shape index (κ2) is 5.64. The van der Waals surface area contributed by atoms with Crippen molar-refractivity contribution in [1.29, 1.82) is 0 Å². The summed E-state index contributed by atoms with van der Waals surface area (Å²) in [5, 5.41) is 2.33. The lowest BCUT2D eigenvalue weighted by molar-refractivity contribution is 0.215. The molecule has 0 spiro atoms. The van der Waals surface area contributed by atoms with Gasteiger partial charge in [-0.25, -0.2) is 9.18 Å². The topological polar surface area (TPSA) is 38.3 Å². The second-order valence-corrected chi connectivity index (χ2v) is 4.37. The quantitative estimate of drug-likeness (QED) is 0.903. The number of carbonyl (C=O) groups is 1. The van der Waals surface area contributed by atoms with Gasteiger partial charge in [-0.15, -0.1) is 0 Å². The minimum Gasteiger partial charge on any atom is -0.410 e. The van der Waals surface area contributed by atoms with E-state index in [0.717, 1.165) is 0 Å². The van der Waals surface area contributed by atoms with Crippen LogP contribution in [0.4, 0.5) is 14.9 Å². The summed E-state index contributed by atoms with van der Waals surface area (Å²) >= 11 is 3.13. The summed E-state index contributed by atoms with van der Waals surface area (Å²) in [5.41, 5.74) is 0.0686. The first-order valence-corrected chi connectivity index (χ1v) is 5.93. The molecule has 5 heteroatoms. The van der Waals surface area contributed by atoms with Crippen LogP contribution < -0.4 is 10.1 Å². The molecule has 1 N–H and O–H groups in total. The SMILES string of the molecule is O=C(Nc1ccc(Br)cc1F)Oc1ccccc1. The van der Waals surface area contributed by atoms with E-state index in [9.17, 15) is 9.18 Å². The fourth-order valence-electron chi connectivity index (χ4n) is 1.32. The number of halogens is 2. The van der Waals surface area contributed by atoms with Gasteiger partial charge in [0, 0.05) is 4.47 Å². The van der Waals surface area contributed by atoms with Gasteiger partial charge in [-0.05, 0) is 30.3 Å². The van der Waals surface area contributed by atoms with Gasteiger partial charge < -0.3 is 4.74 Å². The Bertz CT molecular complexity index is 560. The van der Waals surface area contributed by atoms with E-state index in [-0.39, 0.29) is 5.69 Å². The van der Waals surface area contributed by atoms with Gasteiger partial charge in [0.15, 0.2) is 0 Å². The van der Waals surface area contributed by atoms with Crippen molar-refractivity contribution in [2.75, 3.05) is 5.32 Å². The minimum atomic E-state index is -0.734. The van der Waals surface area contributed by atoms with E-state index in [2.05, 4.69) is 21.2 Å². The van der Waals surface area contributed by atoms with Gasteiger partial charge in [0.25, 0.3) is 0 Å². The molecule has 2 aromatic carbocycles. The standard InChI is InChI=1S/C13H9BrFNO2/c14-9-6-7-12(11(15)8-9)16-13(17)18-10-4-2-1-3-5-10/h1-8H,(H,16,17). The molecule has 0 bridgehead atoms. The molecule has 0 unspecified atom stereocenters. The Morgan fingerprint density at radius 2 is 1.89 bits per heavy atom. The Kier molecular flexibility index (Phi) is 3.94. The summed E-state index contributed by atoms with van der Waals surface area (Å²) in [5.74, 6) is -0.137. The van der Waals surface area contributed by atoms with Crippen LogP contribution in [0.25, 0.3) is 0 Å². The van der Waals surface area contributed by atoms with Crippen LogP contribution in [0, 0.1) is 5.82 Å². The molecule has 0 aliphatic heterocycles. The molecule has 0 aliphatic rings. The molecule has 0 saturated heterocycles. The minimum absolute atomic E-state index is 0.0686. The zero-order chi connectivity index (χ0) is 13.0. The van der Waals surface area contributed by atoms with Gasteiger partial charge in [0.1, 0.15) is 11.6 Å². The maximum absolute atomic E-state index is 13.4. The fourth-order valence-corrected chi connectivity index (χ4v) is 1.66. The van der Waals surface area contributed by atoms with Gasteiger partial charge in [-0.3, -0.25) is 5.32 Å². The molecule has 0 heterocycles. The number of hydrogen-bond donors (Lipinski definition) is 1. The third-order valence-electron chi connectivity index (χ3n) is 2.12. The summed E-state index contributed by atoms with van der Waals surface area (Å²) in [6.07, 6.45) is -0.734. The third-order valence-corrected chi connectivity index (χ3v) is 2.61. The second-order valence-electron chi connectivity index (χ2n) is 3.45. The Hall–Kier alpha value is -1.88. The molecular weight excluding hydrogens is 301 g/mol. The summed E-state index contributed by atoms with van der Waals surface area (Å²) < 4.78 is 19.0. The first-order valence-electron chi connectivity index (χ1n) is 5.14. The van der Waals surface area contributed by atoms with E-state index in [0.29, 0.717) is 10.2 Å². The van der Waals surface area contributed by atoms with Gasteiger partial charge in [-0.1, -0.05) is 34.1 Å². The maximum atomic E-state index is 13.4. The van der Waals surface area contributed by atoms with Crippen LogP contribution in [-0.2, 0) is 0 Å². The molecule has 0 radical (unpaired) electrons. The molecule has 2 rings (SSSR count). The first kappa shape index (κ1) is 12.6. The molecule has 1 amide bonds. The highest BCUT2D eigenvalue weighted by molar-refractivity contribution is 9.10. The molecule has 18 heavy (non-hydrogen) atoms. The van der Waals surface area contributed by atoms with Crippen LogP contribution in [0.1, 0.15) is 0 Å². The molecule has 0 aliphatic carbocycles. The molecule has 2 aromatic rings. The van der Waals surface area contributed by atoms with Crippen molar-refractivity contribution < 1.29 is 13.9 Å². The smallest absolute Gasteiger partial charge is 0.410 e. The molecule has 0 fully saturated rings. The summed E-state index contributed by atoms with van der Waals surface area (Å²) in [7, 11) is 0. The number of rotatable bonds is 2. The van der Waals surface area contributed by atoms with Crippen molar-refractivity contribution in [2.24, 2.45) is 0 Å². The summed E-state index contributed by atoms with van der Waals surface area (Å²) in [6, 6.07) is 12.9. The number of benzene rings is 2. The van der Waals surface area contributed by atoms with Crippen LogP contribution in [-0.4, -0.2) is 6.09 Å². The number of ether oxygens (including phenoxy) is 1. The van der Waals surface area contributed by atoms with Gasteiger partial charge in [0.2, 0.25) is 0 Å². The zero-order valence-electron chi connectivity index (χ0n) is 9.19. The van der Waals surface area contributed by atoms with Crippen molar-refractivity contribution in [2.45, 2.75) is 0 Å². The lowest BCUT2D eigenvalue weighted by atomic mass is 10.3. The van der Waals surface area contributed by atoms with Crippen LogP contribution in [0.5, 0.6) is 5.75 Å². The number of carbonyl (C=O) groups excluding carboxylic acids is 1. The summed E-state index contributed by atoms with van der Waals surface area (Å²) in [6.45, 7) is 0. The van der Waals surface area contributed by atoms with Crippen LogP contribution in [0.15, 0.2) is 53.0 Å². The Morgan fingerprint density at radius 3 is 2.56 bits per heavy atom. The molecular formula is C13H9BrFNO2. The van der Waals surface area contributed by atoms with E-state index in [1.165, 1.54) is 12.1 Å². The largest absolute Gasteiger partial charge is 0.417 e. The Morgan fingerprint density at radius 1 is 1.17 bits per heavy atom. The van der Waals surface area contributed by atoms with Crippen LogP contribution in [0.2, 0.25) is 0 Å². The lowest BCUT2D eigenvalue weighted by Crippen LogP contribution is -2.17. The maximum Gasteiger partial charge on any atom is 0.417 e. The first-order chi connectivity index (χ1) is 8.65. The number of para-hydroxylation sites is 1. The molecule has 0 saturated carbocycles. The molecule has 3 nitrogen and oxygen atoms in total. The molecule has 0 aromatic heterocycles. The van der Waals surface area contributed by atoms with Crippen molar-refractivity contribution in [1.82, 2.24) is 0 Å². The monoisotopic (exact) mass is 309 g/mol. The van der Waals surface area contributed by atoms with Gasteiger partial charge in [-0.2, -0.15) is 0 Å². The van der Waals surface area contributed by atoms with Gasteiger partial charge >= 0.3 is 6.09 Å². The average molecular weight is 310 g/mol. The predicted molar refractivity (Wildman–Crippen MR) is 70.2 cm³/mol. The van der Waals surface area contributed by atoms with Crippen molar-refractivity contribution in [3.63, 3.8) is 0 Å². The van der Waals surface area contributed by atoms with Crippen LogP contribution in [0.3, 0.4) is 0 Å². The van der Waals surface area contributed by atoms with Crippen molar-refractivity contribution in [3.05, 3.63) is 58.8 Å². The number of nitrogens with one attached hydrogen (secondary N) is 1. The normalized spacial score (nSPS) is 9.89. The third kappa shape index (κ3) is 3.30. The van der Waals surface area contributed by atoms with E-state index in [1.807, 2.05) is 0 Å². The van der Waals surface area contributed by atoms with Crippen molar-refractivity contribution >= 4 is 27.7 Å². The number of hydrogen-bond acceptors (Lipinski definition) is 2. The fraction of sp³-hybridized carbons (Fsp3) is 0. The van der Waals surface area contributed by atoms with E-state index >= 15 is 0 Å². The predicted octanol–water partition coefficient (Wildman–Crippen LogP) is 4.20. The number of amides is 1. The Balaban J connectivity index is 2.03. The van der Waals surface area contributed by atoms with E-state index in [4.69, 9.17) is 4.74 Å². The van der Waals surface area contributed by atoms with E-state index < -0.39 is 11.9 Å². The van der Waals surface area contributed by atoms with E-state index in [1.54, 1.807) is 36.4 Å². The highest BCUT2D eigenvalue weighted by Crippen LogP contribution is 2.19. The van der Waals surface area contributed by atoms with Crippen LogP contribution >= 0.6 is 15.9 Å². The van der Waals surface area contributed by atoms with Crippen molar-refractivity contribution in [3.8, 4) is 5.75 Å². The zero-order valence-corrected chi connectivity index (χ0v) is 10.8. The number of anilines is 1.